The standard InChI is InChI=1S/C6H11BrO/c1-3-6(8)4-5(2)7/h6,8H,2-4H2,1H3/t6-/m1/s1. The number of aliphatic hydroxyl groups is 1. The van der Waals surface area contributed by atoms with Gasteiger partial charge in [0.1, 0.15) is 0 Å². The molecule has 1 N–H and O–H groups in total. The van der Waals surface area contributed by atoms with Crippen LogP contribution < -0.4 is 0 Å². The van der Waals surface area contributed by atoms with Crippen molar-refractivity contribution in [2.24, 2.45) is 0 Å². The first-order chi connectivity index (χ1) is 3.66. The zero-order chi connectivity index (χ0) is 6.57. The molecule has 2 heteroatoms. The third-order valence-electron chi connectivity index (χ3n) is 0.928. The predicted octanol–water partition coefficient (Wildman–Crippen LogP) is 2.06. The van der Waals surface area contributed by atoms with Gasteiger partial charge in [0.15, 0.2) is 0 Å². The molecule has 0 unspecified atom stereocenters. The van der Waals surface area contributed by atoms with Gasteiger partial charge < -0.3 is 5.11 Å². The van der Waals surface area contributed by atoms with Crippen molar-refractivity contribution >= 4 is 15.9 Å². The van der Waals surface area contributed by atoms with Gasteiger partial charge in [0, 0.05) is 6.42 Å². The molecule has 0 spiro atoms. The van der Waals surface area contributed by atoms with Crippen molar-refractivity contribution in [3.05, 3.63) is 11.1 Å². The summed E-state index contributed by atoms with van der Waals surface area (Å²) < 4.78 is 0.867. The molecule has 0 aromatic rings. The molecule has 0 fully saturated rings. The fraction of sp³-hybridized carbons (Fsp3) is 0.667. The van der Waals surface area contributed by atoms with Crippen LogP contribution in [0, 0.1) is 0 Å². The number of rotatable bonds is 3. The van der Waals surface area contributed by atoms with Gasteiger partial charge in [-0.05, 0) is 10.9 Å². The van der Waals surface area contributed by atoms with E-state index in [0.717, 1.165) is 10.9 Å². The van der Waals surface area contributed by atoms with Crippen LogP contribution in [0.4, 0.5) is 0 Å². The maximum Gasteiger partial charge on any atom is 0.0582 e. The molecule has 1 atom stereocenters. The van der Waals surface area contributed by atoms with E-state index < -0.39 is 0 Å². The number of halogens is 1. The van der Waals surface area contributed by atoms with Gasteiger partial charge in [-0.3, -0.25) is 0 Å². The van der Waals surface area contributed by atoms with E-state index in [2.05, 4.69) is 22.5 Å². The van der Waals surface area contributed by atoms with Gasteiger partial charge in [-0.1, -0.05) is 29.4 Å². The minimum absolute atomic E-state index is 0.220. The molecular weight excluding hydrogens is 168 g/mol. The Labute approximate surface area is 58.5 Å². The molecule has 1 nitrogen and oxygen atoms in total. The summed E-state index contributed by atoms with van der Waals surface area (Å²) in [5, 5.41) is 8.94. The van der Waals surface area contributed by atoms with Crippen molar-refractivity contribution in [1.29, 1.82) is 0 Å². The molecule has 0 heterocycles. The highest BCUT2D eigenvalue weighted by Gasteiger charge is 1.99. The van der Waals surface area contributed by atoms with E-state index >= 15 is 0 Å². The van der Waals surface area contributed by atoms with Crippen LogP contribution in [0.1, 0.15) is 19.8 Å². The molecule has 0 aliphatic heterocycles. The maximum atomic E-state index is 8.94. The molecule has 0 aromatic carbocycles. The quantitative estimate of drug-likeness (QED) is 0.702. The Hall–Kier alpha value is 0.180. The van der Waals surface area contributed by atoms with E-state index in [4.69, 9.17) is 5.11 Å². The summed E-state index contributed by atoms with van der Waals surface area (Å²) in [6, 6.07) is 0. The van der Waals surface area contributed by atoms with Crippen LogP contribution in [0.25, 0.3) is 0 Å². The Morgan fingerprint density at radius 2 is 2.38 bits per heavy atom. The highest BCUT2D eigenvalue weighted by molar-refractivity contribution is 9.11. The van der Waals surface area contributed by atoms with Crippen LogP contribution in [0.5, 0.6) is 0 Å². The first-order valence-corrected chi connectivity index (χ1v) is 3.47. The zero-order valence-corrected chi connectivity index (χ0v) is 6.61. The summed E-state index contributed by atoms with van der Waals surface area (Å²) in [6.07, 6.45) is 1.24. The maximum absolute atomic E-state index is 8.94. The molecule has 0 aliphatic rings. The molecule has 0 amide bonds. The second kappa shape index (κ2) is 4.10. The number of hydrogen-bond acceptors (Lipinski definition) is 1. The first kappa shape index (κ1) is 8.18. The third kappa shape index (κ3) is 4.34. The Bertz CT molecular complexity index is 80.6. The van der Waals surface area contributed by atoms with E-state index in [-0.39, 0.29) is 6.10 Å². The van der Waals surface area contributed by atoms with Crippen molar-refractivity contribution in [3.63, 3.8) is 0 Å². The van der Waals surface area contributed by atoms with E-state index in [1.165, 1.54) is 0 Å². The van der Waals surface area contributed by atoms with E-state index in [9.17, 15) is 0 Å². The molecule has 0 radical (unpaired) electrons. The lowest BCUT2D eigenvalue weighted by atomic mass is 10.2. The van der Waals surface area contributed by atoms with E-state index in [1.807, 2.05) is 6.92 Å². The number of hydrogen-bond donors (Lipinski definition) is 1. The predicted molar refractivity (Wildman–Crippen MR) is 39.0 cm³/mol. The fourth-order valence-corrected chi connectivity index (χ4v) is 0.774. The fourth-order valence-electron chi connectivity index (χ4n) is 0.400. The molecule has 48 valence electrons. The smallest absolute Gasteiger partial charge is 0.0582 e. The average Bonchev–Trinajstić information content (AvgIpc) is 1.65. The Kier molecular flexibility index (Phi) is 4.19. The van der Waals surface area contributed by atoms with E-state index in [0.29, 0.717) is 6.42 Å². The summed E-state index contributed by atoms with van der Waals surface area (Å²) >= 11 is 3.16. The average molecular weight is 179 g/mol. The lowest BCUT2D eigenvalue weighted by Gasteiger charge is -2.03. The van der Waals surface area contributed by atoms with Crippen LogP contribution in [-0.2, 0) is 0 Å². The molecule has 0 rings (SSSR count). The molecular formula is C6H11BrO. The summed E-state index contributed by atoms with van der Waals surface area (Å²) in [7, 11) is 0. The van der Waals surface area contributed by atoms with Crippen LogP contribution in [0.3, 0.4) is 0 Å². The normalized spacial score (nSPS) is 13.4. The van der Waals surface area contributed by atoms with Gasteiger partial charge >= 0.3 is 0 Å². The second-order valence-electron chi connectivity index (χ2n) is 1.78. The first-order valence-electron chi connectivity index (χ1n) is 2.68. The van der Waals surface area contributed by atoms with E-state index in [1.54, 1.807) is 0 Å². The minimum Gasteiger partial charge on any atom is -0.393 e. The largest absolute Gasteiger partial charge is 0.393 e. The molecule has 0 saturated heterocycles. The Morgan fingerprint density at radius 1 is 1.88 bits per heavy atom. The lowest BCUT2D eigenvalue weighted by Crippen LogP contribution is -2.02. The number of aliphatic hydroxyl groups excluding tert-OH is 1. The van der Waals surface area contributed by atoms with Crippen LogP contribution in [-0.4, -0.2) is 11.2 Å². The molecule has 0 aromatic heterocycles. The summed E-state index contributed by atoms with van der Waals surface area (Å²) in [5.74, 6) is 0. The molecule has 8 heavy (non-hydrogen) atoms. The van der Waals surface area contributed by atoms with Crippen molar-refractivity contribution in [2.75, 3.05) is 0 Å². The van der Waals surface area contributed by atoms with Crippen LogP contribution >= 0.6 is 15.9 Å². The summed E-state index contributed by atoms with van der Waals surface area (Å²) in [4.78, 5) is 0. The SMILES string of the molecule is C=C(Br)C[C@H](O)CC. The van der Waals surface area contributed by atoms with Crippen molar-refractivity contribution < 1.29 is 5.11 Å². The van der Waals surface area contributed by atoms with Gasteiger partial charge in [0.05, 0.1) is 6.10 Å². The molecule has 0 saturated carbocycles. The van der Waals surface area contributed by atoms with Crippen molar-refractivity contribution in [3.8, 4) is 0 Å². The van der Waals surface area contributed by atoms with Gasteiger partial charge in [-0.25, -0.2) is 0 Å². The Balaban J connectivity index is 3.24. The summed E-state index contributed by atoms with van der Waals surface area (Å²) in [6.45, 7) is 5.54. The molecule has 0 aliphatic carbocycles. The Morgan fingerprint density at radius 3 is 2.50 bits per heavy atom. The van der Waals surface area contributed by atoms with Crippen molar-refractivity contribution in [2.45, 2.75) is 25.9 Å². The third-order valence-corrected chi connectivity index (χ3v) is 1.25. The zero-order valence-electron chi connectivity index (χ0n) is 5.02. The van der Waals surface area contributed by atoms with Gasteiger partial charge in [0.25, 0.3) is 0 Å². The minimum atomic E-state index is -0.220. The van der Waals surface area contributed by atoms with Gasteiger partial charge in [0.2, 0.25) is 0 Å². The molecule has 0 bridgehead atoms. The topological polar surface area (TPSA) is 20.2 Å². The second-order valence-corrected chi connectivity index (χ2v) is 2.90. The lowest BCUT2D eigenvalue weighted by molar-refractivity contribution is 0.173. The van der Waals surface area contributed by atoms with Crippen LogP contribution in [0.2, 0.25) is 0 Å². The highest BCUT2D eigenvalue weighted by atomic mass is 79.9. The van der Waals surface area contributed by atoms with Gasteiger partial charge in [-0.15, -0.1) is 0 Å². The summed E-state index contributed by atoms with van der Waals surface area (Å²) in [5.41, 5.74) is 0. The highest BCUT2D eigenvalue weighted by Crippen LogP contribution is 2.10. The van der Waals surface area contributed by atoms with Crippen LogP contribution in [0.15, 0.2) is 11.1 Å². The van der Waals surface area contributed by atoms with Crippen molar-refractivity contribution in [1.82, 2.24) is 0 Å². The van der Waals surface area contributed by atoms with Gasteiger partial charge in [-0.2, -0.15) is 0 Å². The monoisotopic (exact) mass is 178 g/mol.